The fraction of sp³-hybridized carbons (Fsp3) is 0.529. The Kier molecular flexibility index (Phi) is 4.93. The van der Waals surface area contributed by atoms with Crippen molar-refractivity contribution >= 4 is 5.82 Å². The van der Waals surface area contributed by atoms with Gasteiger partial charge in [-0.15, -0.1) is 0 Å². The number of aromatic nitrogens is 3. The summed E-state index contributed by atoms with van der Waals surface area (Å²) in [6.07, 6.45) is 3.72. The van der Waals surface area contributed by atoms with Gasteiger partial charge in [-0.1, -0.05) is 6.07 Å². The molecule has 0 amide bonds. The van der Waals surface area contributed by atoms with Crippen LogP contribution in [0, 0.1) is 6.92 Å². The number of pyridine rings is 1. The molecule has 3 heterocycles. The van der Waals surface area contributed by atoms with Crippen LogP contribution in [0.2, 0.25) is 0 Å². The smallest absolute Gasteiger partial charge is 0.131 e. The molecule has 6 nitrogen and oxygen atoms in total. The molecule has 23 heavy (non-hydrogen) atoms. The third kappa shape index (κ3) is 3.54. The Balaban J connectivity index is 1.74. The number of nitrogens with one attached hydrogen (secondary N) is 1. The molecule has 0 aliphatic carbocycles. The molecule has 0 aromatic carbocycles. The van der Waals surface area contributed by atoms with Crippen LogP contribution in [-0.2, 0) is 18.3 Å². The van der Waals surface area contributed by atoms with E-state index in [-0.39, 0.29) is 6.04 Å². The van der Waals surface area contributed by atoms with Gasteiger partial charge in [-0.3, -0.25) is 9.67 Å². The lowest BCUT2D eigenvalue weighted by molar-refractivity contribution is 0.122. The summed E-state index contributed by atoms with van der Waals surface area (Å²) < 4.78 is 7.46. The maximum absolute atomic E-state index is 5.47. The second-order valence-corrected chi connectivity index (χ2v) is 6.00. The minimum atomic E-state index is 0.251. The number of morpholine rings is 1. The molecule has 0 unspecified atom stereocenters. The van der Waals surface area contributed by atoms with E-state index in [2.05, 4.69) is 40.2 Å². The molecule has 0 saturated carbocycles. The molecule has 1 fully saturated rings. The standard InChI is InChI=1S/C17H25N5O/c1-13(15-5-4-6-18-11-15)19-12-16-14(2)20-21(3)17(16)22-7-9-23-10-8-22/h4-6,11,13,19H,7-10,12H2,1-3H3/t13-/m1/s1. The third-order valence-electron chi connectivity index (χ3n) is 4.39. The van der Waals surface area contributed by atoms with E-state index in [1.165, 1.54) is 16.9 Å². The van der Waals surface area contributed by atoms with E-state index >= 15 is 0 Å². The molecule has 3 rings (SSSR count). The number of hydrogen-bond donors (Lipinski definition) is 1. The van der Waals surface area contributed by atoms with Crippen LogP contribution in [0.5, 0.6) is 0 Å². The number of hydrogen-bond acceptors (Lipinski definition) is 5. The summed E-state index contributed by atoms with van der Waals surface area (Å²) in [5.74, 6) is 1.21. The van der Waals surface area contributed by atoms with Crippen LogP contribution in [0.3, 0.4) is 0 Å². The molecular weight excluding hydrogens is 290 g/mol. The lowest BCUT2D eigenvalue weighted by atomic mass is 10.1. The summed E-state index contributed by atoms with van der Waals surface area (Å²) in [7, 11) is 2.02. The van der Waals surface area contributed by atoms with Crippen molar-refractivity contribution in [3.8, 4) is 0 Å². The van der Waals surface area contributed by atoms with Crippen molar-refractivity contribution < 1.29 is 4.74 Å². The molecule has 1 aliphatic rings. The average molecular weight is 315 g/mol. The van der Waals surface area contributed by atoms with Gasteiger partial charge in [-0.25, -0.2) is 0 Å². The lowest BCUT2D eigenvalue weighted by Crippen LogP contribution is -2.38. The average Bonchev–Trinajstić information content (AvgIpc) is 2.87. The highest BCUT2D eigenvalue weighted by molar-refractivity contribution is 5.50. The quantitative estimate of drug-likeness (QED) is 0.912. The highest BCUT2D eigenvalue weighted by Crippen LogP contribution is 2.25. The number of anilines is 1. The Morgan fingerprint density at radius 2 is 2.13 bits per heavy atom. The molecule has 1 saturated heterocycles. The van der Waals surface area contributed by atoms with Gasteiger partial charge >= 0.3 is 0 Å². The van der Waals surface area contributed by atoms with E-state index in [4.69, 9.17) is 4.74 Å². The summed E-state index contributed by atoms with van der Waals surface area (Å²) in [6, 6.07) is 4.33. The van der Waals surface area contributed by atoms with Gasteiger partial charge in [0.1, 0.15) is 5.82 Å². The highest BCUT2D eigenvalue weighted by atomic mass is 16.5. The first-order chi connectivity index (χ1) is 11.2. The fourth-order valence-corrected chi connectivity index (χ4v) is 3.07. The van der Waals surface area contributed by atoms with E-state index in [9.17, 15) is 0 Å². The van der Waals surface area contributed by atoms with Crippen molar-refractivity contribution in [1.29, 1.82) is 0 Å². The number of aryl methyl sites for hydroxylation is 2. The maximum Gasteiger partial charge on any atom is 0.131 e. The molecule has 2 aromatic heterocycles. The molecule has 0 radical (unpaired) electrons. The Labute approximate surface area is 137 Å². The zero-order valence-corrected chi connectivity index (χ0v) is 14.1. The van der Waals surface area contributed by atoms with Gasteiger partial charge in [0.2, 0.25) is 0 Å². The van der Waals surface area contributed by atoms with E-state index in [0.717, 1.165) is 38.5 Å². The van der Waals surface area contributed by atoms with Crippen molar-refractivity contribution in [3.63, 3.8) is 0 Å². The fourth-order valence-electron chi connectivity index (χ4n) is 3.07. The summed E-state index contributed by atoms with van der Waals surface area (Å²) in [4.78, 5) is 6.57. The molecule has 6 heteroatoms. The predicted molar refractivity (Wildman–Crippen MR) is 90.5 cm³/mol. The first-order valence-corrected chi connectivity index (χ1v) is 8.15. The molecule has 1 N–H and O–H groups in total. The first-order valence-electron chi connectivity index (χ1n) is 8.15. The molecule has 124 valence electrons. The van der Waals surface area contributed by atoms with Gasteiger partial charge in [0.25, 0.3) is 0 Å². The molecular formula is C17H25N5O. The number of nitrogens with zero attached hydrogens (tertiary/aromatic N) is 4. The predicted octanol–water partition coefficient (Wildman–Crippen LogP) is 1.81. The van der Waals surface area contributed by atoms with Crippen LogP contribution in [-0.4, -0.2) is 41.1 Å². The van der Waals surface area contributed by atoms with Crippen molar-refractivity contribution in [2.24, 2.45) is 7.05 Å². The van der Waals surface area contributed by atoms with Crippen LogP contribution in [0.4, 0.5) is 5.82 Å². The van der Waals surface area contributed by atoms with Gasteiger partial charge in [-0.05, 0) is 25.5 Å². The minimum Gasteiger partial charge on any atom is -0.378 e. The molecule has 0 spiro atoms. The van der Waals surface area contributed by atoms with Crippen LogP contribution in [0.25, 0.3) is 0 Å². The Hall–Kier alpha value is -1.92. The van der Waals surface area contributed by atoms with E-state index < -0.39 is 0 Å². The Bertz CT molecular complexity index is 634. The van der Waals surface area contributed by atoms with Crippen LogP contribution in [0.15, 0.2) is 24.5 Å². The zero-order chi connectivity index (χ0) is 16.2. The SMILES string of the molecule is Cc1nn(C)c(N2CCOCC2)c1CN[C@H](C)c1cccnc1. The van der Waals surface area contributed by atoms with E-state index in [0.29, 0.717) is 0 Å². The van der Waals surface area contributed by atoms with Gasteiger partial charge in [0.15, 0.2) is 0 Å². The van der Waals surface area contributed by atoms with Crippen LogP contribution >= 0.6 is 0 Å². The van der Waals surface area contributed by atoms with E-state index in [1.807, 2.05) is 24.0 Å². The van der Waals surface area contributed by atoms with Crippen LogP contribution in [0.1, 0.15) is 29.8 Å². The second-order valence-electron chi connectivity index (χ2n) is 6.00. The largest absolute Gasteiger partial charge is 0.378 e. The lowest BCUT2D eigenvalue weighted by Gasteiger charge is -2.30. The van der Waals surface area contributed by atoms with Crippen molar-refractivity contribution in [2.45, 2.75) is 26.4 Å². The van der Waals surface area contributed by atoms with Gasteiger partial charge < -0.3 is 15.0 Å². The van der Waals surface area contributed by atoms with Gasteiger partial charge in [0, 0.05) is 50.7 Å². The van der Waals surface area contributed by atoms with Gasteiger partial charge in [0.05, 0.1) is 18.9 Å². The Morgan fingerprint density at radius 3 is 2.83 bits per heavy atom. The maximum atomic E-state index is 5.47. The summed E-state index contributed by atoms with van der Waals surface area (Å²) in [5, 5.41) is 8.22. The molecule has 0 bridgehead atoms. The summed E-state index contributed by atoms with van der Waals surface area (Å²) in [5.41, 5.74) is 3.55. The normalized spacial score (nSPS) is 16.6. The summed E-state index contributed by atoms with van der Waals surface area (Å²) in [6.45, 7) is 8.44. The monoisotopic (exact) mass is 315 g/mol. The number of ether oxygens (including phenoxy) is 1. The Morgan fingerprint density at radius 1 is 1.35 bits per heavy atom. The molecule has 1 aliphatic heterocycles. The third-order valence-corrected chi connectivity index (χ3v) is 4.39. The van der Waals surface area contributed by atoms with E-state index in [1.54, 1.807) is 6.20 Å². The first kappa shape index (κ1) is 16.0. The topological polar surface area (TPSA) is 55.2 Å². The molecule has 1 atom stereocenters. The van der Waals surface area contributed by atoms with Crippen molar-refractivity contribution in [2.75, 3.05) is 31.2 Å². The molecule has 2 aromatic rings. The summed E-state index contributed by atoms with van der Waals surface area (Å²) >= 11 is 0. The number of rotatable bonds is 5. The van der Waals surface area contributed by atoms with Gasteiger partial charge in [-0.2, -0.15) is 5.10 Å². The second kappa shape index (κ2) is 7.10. The van der Waals surface area contributed by atoms with Crippen molar-refractivity contribution in [3.05, 3.63) is 41.3 Å². The van der Waals surface area contributed by atoms with Crippen LogP contribution < -0.4 is 10.2 Å². The van der Waals surface area contributed by atoms with Crippen molar-refractivity contribution in [1.82, 2.24) is 20.1 Å². The zero-order valence-electron chi connectivity index (χ0n) is 14.1. The minimum absolute atomic E-state index is 0.251. The highest BCUT2D eigenvalue weighted by Gasteiger charge is 2.21.